The second-order valence-corrected chi connectivity index (χ2v) is 14.4. The highest BCUT2D eigenvalue weighted by Gasteiger charge is 2.37. The van der Waals surface area contributed by atoms with Crippen molar-refractivity contribution >= 4 is 14.3 Å². The number of hydrogen-bond acceptors (Lipinski definition) is 3. The number of hydrogen-bond donors (Lipinski definition) is 0. The molecule has 0 aromatic rings. The van der Waals surface area contributed by atoms with Gasteiger partial charge in [0.1, 0.15) is 6.10 Å². The van der Waals surface area contributed by atoms with E-state index in [2.05, 4.69) is 52.9 Å². The summed E-state index contributed by atoms with van der Waals surface area (Å²) in [7, 11) is -1.70. The summed E-state index contributed by atoms with van der Waals surface area (Å²) in [6.45, 7) is 14.4. The molecule has 0 heterocycles. The van der Waals surface area contributed by atoms with E-state index in [1.807, 2.05) is 0 Å². The molecule has 1 rings (SSSR count). The van der Waals surface area contributed by atoms with E-state index >= 15 is 0 Å². The molecule has 1 aliphatic carbocycles. The number of esters is 1. The maximum atomic E-state index is 12.2. The fourth-order valence-corrected chi connectivity index (χ4v) is 4.29. The Morgan fingerprint density at radius 1 is 1.07 bits per heavy atom. The quantitative estimate of drug-likeness (QED) is 0.145. The van der Waals surface area contributed by atoms with Crippen molar-refractivity contribution in [3.63, 3.8) is 0 Å². The first-order valence-corrected chi connectivity index (χ1v) is 14.1. The van der Waals surface area contributed by atoms with Crippen LogP contribution < -0.4 is 0 Å². The number of carbonyl (C=O) groups excluding carboxylic acids is 1. The van der Waals surface area contributed by atoms with E-state index in [1.54, 1.807) is 0 Å². The van der Waals surface area contributed by atoms with Gasteiger partial charge in [0, 0.05) is 25.4 Å². The van der Waals surface area contributed by atoms with E-state index in [1.165, 1.54) is 32.1 Å². The standard InChI is InChI=1S/C23H44O3Si/c1-7-8-9-10-11-12-13-17-22(24)26-21-16-14-15-20(21)18-19-25-27(5,6)23(2,3)4/h14-15,20-21H,7-13,16-19H2,1-6H3/t20-,21-/m1/s1. The number of unbranched alkanes of at least 4 members (excludes halogenated alkanes) is 6. The second-order valence-electron chi connectivity index (χ2n) is 9.62. The van der Waals surface area contributed by atoms with Gasteiger partial charge in [0.05, 0.1) is 0 Å². The van der Waals surface area contributed by atoms with Crippen LogP contribution in [0.15, 0.2) is 12.2 Å². The van der Waals surface area contributed by atoms with Gasteiger partial charge in [-0.1, -0.05) is 78.4 Å². The van der Waals surface area contributed by atoms with Gasteiger partial charge in [-0.3, -0.25) is 4.79 Å². The van der Waals surface area contributed by atoms with Crippen LogP contribution in [0.3, 0.4) is 0 Å². The van der Waals surface area contributed by atoms with Gasteiger partial charge in [-0.05, 0) is 31.0 Å². The Morgan fingerprint density at radius 2 is 1.70 bits per heavy atom. The average Bonchev–Trinajstić information content (AvgIpc) is 3.00. The van der Waals surface area contributed by atoms with Crippen molar-refractivity contribution < 1.29 is 14.0 Å². The molecule has 0 saturated heterocycles. The van der Waals surface area contributed by atoms with Crippen LogP contribution in [0.1, 0.15) is 91.9 Å². The molecule has 0 aromatic heterocycles. The third-order valence-corrected chi connectivity index (χ3v) is 10.8. The monoisotopic (exact) mass is 396 g/mol. The molecule has 0 aromatic carbocycles. The summed E-state index contributed by atoms with van der Waals surface area (Å²) in [6, 6.07) is 0. The normalized spacial score (nSPS) is 20.2. The van der Waals surface area contributed by atoms with Gasteiger partial charge in [0.15, 0.2) is 8.32 Å². The zero-order valence-electron chi connectivity index (χ0n) is 18.8. The van der Waals surface area contributed by atoms with E-state index in [4.69, 9.17) is 9.16 Å². The molecule has 0 spiro atoms. The molecular formula is C23H44O3Si. The molecule has 4 heteroatoms. The van der Waals surface area contributed by atoms with Crippen LogP contribution in [0, 0.1) is 5.92 Å². The molecule has 158 valence electrons. The van der Waals surface area contributed by atoms with Crippen molar-refractivity contribution in [3.8, 4) is 0 Å². The molecular weight excluding hydrogens is 352 g/mol. The number of carbonyl (C=O) groups is 1. The van der Waals surface area contributed by atoms with Gasteiger partial charge in [0.2, 0.25) is 0 Å². The summed E-state index contributed by atoms with van der Waals surface area (Å²) < 4.78 is 12.1. The summed E-state index contributed by atoms with van der Waals surface area (Å²) in [5.74, 6) is 0.292. The molecule has 0 radical (unpaired) electrons. The summed E-state index contributed by atoms with van der Waals surface area (Å²) in [4.78, 5) is 12.2. The van der Waals surface area contributed by atoms with Gasteiger partial charge in [0.25, 0.3) is 0 Å². The first-order chi connectivity index (χ1) is 12.7. The van der Waals surface area contributed by atoms with Gasteiger partial charge >= 0.3 is 5.97 Å². The molecule has 0 saturated carbocycles. The summed E-state index contributed by atoms with van der Waals surface area (Å²) >= 11 is 0. The van der Waals surface area contributed by atoms with Crippen molar-refractivity contribution in [2.75, 3.05) is 6.61 Å². The lowest BCUT2D eigenvalue weighted by Crippen LogP contribution is -2.41. The first kappa shape index (κ1) is 24.4. The van der Waals surface area contributed by atoms with E-state index in [0.29, 0.717) is 12.3 Å². The highest BCUT2D eigenvalue weighted by Crippen LogP contribution is 2.37. The topological polar surface area (TPSA) is 35.5 Å². The van der Waals surface area contributed by atoms with Gasteiger partial charge in [-0.15, -0.1) is 0 Å². The molecule has 0 N–H and O–H groups in total. The van der Waals surface area contributed by atoms with Crippen LogP contribution in [-0.4, -0.2) is 27.0 Å². The van der Waals surface area contributed by atoms with Gasteiger partial charge < -0.3 is 9.16 Å². The van der Waals surface area contributed by atoms with Crippen molar-refractivity contribution in [1.82, 2.24) is 0 Å². The largest absolute Gasteiger partial charge is 0.461 e. The predicted molar refractivity (Wildman–Crippen MR) is 118 cm³/mol. The Balaban J connectivity index is 2.22. The fraction of sp³-hybridized carbons (Fsp3) is 0.870. The zero-order valence-corrected chi connectivity index (χ0v) is 19.8. The zero-order chi connectivity index (χ0) is 20.3. The lowest BCUT2D eigenvalue weighted by atomic mass is 10.0. The number of ether oxygens (including phenoxy) is 1. The van der Waals surface area contributed by atoms with Crippen LogP contribution in [0.4, 0.5) is 0 Å². The van der Waals surface area contributed by atoms with Crippen molar-refractivity contribution in [1.29, 1.82) is 0 Å². The summed E-state index contributed by atoms with van der Waals surface area (Å²) in [5.41, 5.74) is 0. The molecule has 1 aliphatic rings. The highest BCUT2D eigenvalue weighted by atomic mass is 28.4. The maximum absolute atomic E-state index is 12.2. The Morgan fingerprint density at radius 3 is 2.33 bits per heavy atom. The van der Waals surface area contributed by atoms with Crippen LogP contribution in [0.5, 0.6) is 0 Å². The smallest absolute Gasteiger partial charge is 0.306 e. The molecule has 0 bridgehead atoms. The van der Waals surface area contributed by atoms with E-state index < -0.39 is 8.32 Å². The first-order valence-electron chi connectivity index (χ1n) is 11.2. The molecule has 0 unspecified atom stereocenters. The minimum absolute atomic E-state index is 0.0186. The lowest BCUT2D eigenvalue weighted by molar-refractivity contribution is -0.150. The lowest BCUT2D eigenvalue weighted by Gasteiger charge is -2.36. The van der Waals surface area contributed by atoms with Crippen LogP contribution in [0.2, 0.25) is 18.1 Å². The third kappa shape index (κ3) is 9.42. The van der Waals surface area contributed by atoms with E-state index in [9.17, 15) is 4.79 Å². The van der Waals surface area contributed by atoms with Crippen LogP contribution >= 0.6 is 0 Å². The highest BCUT2D eigenvalue weighted by molar-refractivity contribution is 6.74. The summed E-state index contributed by atoms with van der Waals surface area (Å²) in [5, 5.41) is 0.237. The Kier molecular flexibility index (Phi) is 10.9. The van der Waals surface area contributed by atoms with Crippen LogP contribution in [0.25, 0.3) is 0 Å². The van der Waals surface area contributed by atoms with Crippen molar-refractivity contribution in [3.05, 3.63) is 12.2 Å². The van der Waals surface area contributed by atoms with Gasteiger partial charge in [-0.2, -0.15) is 0 Å². The molecule has 27 heavy (non-hydrogen) atoms. The molecule has 0 fully saturated rings. The summed E-state index contributed by atoms with van der Waals surface area (Å²) in [6.07, 6.45) is 15.3. The number of rotatable bonds is 13. The Bertz CT molecular complexity index is 451. The van der Waals surface area contributed by atoms with E-state index in [-0.39, 0.29) is 17.1 Å². The molecule has 3 nitrogen and oxygen atoms in total. The SMILES string of the molecule is CCCCCCCCCC(=O)O[C@@H]1CC=C[C@@H]1CCO[Si](C)(C)C(C)(C)C. The fourth-order valence-electron chi connectivity index (χ4n) is 3.22. The maximum Gasteiger partial charge on any atom is 0.306 e. The third-order valence-electron chi connectivity index (χ3n) is 6.22. The van der Waals surface area contributed by atoms with E-state index in [0.717, 1.165) is 32.3 Å². The van der Waals surface area contributed by atoms with Crippen molar-refractivity contribution in [2.24, 2.45) is 5.92 Å². The predicted octanol–water partition coefficient (Wildman–Crippen LogP) is 7.03. The van der Waals surface area contributed by atoms with Gasteiger partial charge in [-0.25, -0.2) is 0 Å². The minimum atomic E-state index is -1.70. The molecule has 0 amide bonds. The minimum Gasteiger partial charge on any atom is -0.461 e. The average molecular weight is 397 g/mol. The van der Waals surface area contributed by atoms with Crippen molar-refractivity contribution in [2.45, 2.75) is 116 Å². The Labute approximate surface area is 169 Å². The second kappa shape index (κ2) is 12.1. The van der Waals surface area contributed by atoms with Crippen LogP contribution in [-0.2, 0) is 14.0 Å². The Hall–Kier alpha value is -0.613. The molecule has 0 aliphatic heterocycles. The molecule has 2 atom stereocenters.